The maximum atomic E-state index is 12.7. The number of nitrogens with one attached hydrogen (secondary N) is 1. The third-order valence-corrected chi connectivity index (χ3v) is 5.68. The fraction of sp³-hybridized carbons (Fsp3) is 0.375. The molecule has 0 atom stereocenters. The van der Waals surface area contributed by atoms with Gasteiger partial charge < -0.3 is 15.0 Å². The van der Waals surface area contributed by atoms with Crippen LogP contribution in [0.4, 0.5) is 0 Å². The van der Waals surface area contributed by atoms with E-state index in [1.807, 2.05) is 30.3 Å². The van der Waals surface area contributed by atoms with Gasteiger partial charge in [-0.25, -0.2) is 0 Å². The van der Waals surface area contributed by atoms with Crippen LogP contribution in [-0.4, -0.2) is 35.9 Å². The first-order chi connectivity index (χ1) is 14.6. The minimum atomic E-state index is -0.759. The Labute approximate surface area is 177 Å². The minimum Gasteiger partial charge on any atom is -0.483 e. The van der Waals surface area contributed by atoms with Crippen LogP contribution in [0.1, 0.15) is 48.0 Å². The number of benzene rings is 2. The lowest BCUT2D eigenvalue weighted by Crippen LogP contribution is -2.51. The van der Waals surface area contributed by atoms with E-state index in [-0.39, 0.29) is 18.4 Å². The van der Waals surface area contributed by atoms with E-state index in [0.717, 1.165) is 24.8 Å². The monoisotopic (exact) mass is 405 g/mol. The van der Waals surface area contributed by atoms with E-state index < -0.39 is 5.54 Å². The molecule has 1 N–H and O–H groups in total. The van der Waals surface area contributed by atoms with Crippen molar-refractivity contribution in [2.45, 2.75) is 44.2 Å². The molecule has 0 heterocycles. The number of likely N-dealkylation sites (N-methyl/N-ethyl adjacent to an activating group) is 1. The molecule has 1 aliphatic rings. The summed E-state index contributed by atoms with van der Waals surface area (Å²) < 4.78 is 5.71. The molecule has 3 rings (SSSR count). The van der Waals surface area contributed by atoms with Crippen LogP contribution >= 0.6 is 0 Å². The highest BCUT2D eigenvalue weighted by atomic mass is 16.5. The Kier molecular flexibility index (Phi) is 7.08. The maximum absolute atomic E-state index is 12.7. The van der Waals surface area contributed by atoms with Gasteiger partial charge in [-0.15, -0.1) is 0 Å². The number of rotatable bonds is 7. The molecule has 156 valence electrons. The van der Waals surface area contributed by atoms with Crippen LogP contribution in [0.2, 0.25) is 0 Å². The first-order valence-corrected chi connectivity index (χ1v) is 10.3. The van der Waals surface area contributed by atoms with E-state index in [1.165, 1.54) is 4.90 Å². The van der Waals surface area contributed by atoms with Gasteiger partial charge in [0.2, 0.25) is 0 Å². The van der Waals surface area contributed by atoms with Gasteiger partial charge in [-0.3, -0.25) is 9.59 Å². The lowest BCUT2D eigenvalue weighted by molar-refractivity contribution is -0.137. The largest absolute Gasteiger partial charge is 0.483 e. The van der Waals surface area contributed by atoms with Gasteiger partial charge >= 0.3 is 0 Å². The van der Waals surface area contributed by atoms with Crippen molar-refractivity contribution in [2.24, 2.45) is 0 Å². The Bertz CT molecular complexity index is 915. The highest BCUT2D eigenvalue weighted by Crippen LogP contribution is 2.32. The summed E-state index contributed by atoms with van der Waals surface area (Å²) in [6, 6.07) is 18.8. The number of hydrogen-bond acceptors (Lipinski definition) is 4. The number of carbonyl (C=O) groups is 2. The van der Waals surface area contributed by atoms with Crippen LogP contribution in [-0.2, 0) is 11.3 Å². The molecule has 0 aliphatic heterocycles. The summed E-state index contributed by atoms with van der Waals surface area (Å²) in [5, 5.41) is 12.6. The SMILES string of the molecule is CN(C(=O)COc1ccccc1C(=O)NCc1ccccc1)C1(C#N)CCCCC1. The third kappa shape index (κ3) is 4.98. The van der Waals surface area contributed by atoms with Gasteiger partial charge in [0.05, 0.1) is 11.6 Å². The number of hydrogen-bond donors (Lipinski definition) is 1. The lowest BCUT2D eigenvalue weighted by Gasteiger charge is -2.38. The standard InChI is InChI=1S/C24H27N3O3/c1-27(24(18-25)14-8-3-9-15-24)22(28)17-30-21-13-7-6-12-20(21)23(29)26-16-19-10-4-2-5-11-19/h2,4-7,10-13H,3,8-9,14-17H2,1H3,(H,26,29). The van der Waals surface area contributed by atoms with Crippen molar-refractivity contribution < 1.29 is 14.3 Å². The van der Waals surface area contributed by atoms with Crippen molar-refractivity contribution in [2.75, 3.05) is 13.7 Å². The van der Waals surface area contributed by atoms with Gasteiger partial charge in [0.25, 0.3) is 11.8 Å². The van der Waals surface area contributed by atoms with Crippen molar-refractivity contribution in [3.63, 3.8) is 0 Å². The second kappa shape index (κ2) is 9.93. The Hall–Kier alpha value is -3.33. The molecule has 0 spiro atoms. The summed E-state index contributed by atoms with van der Waals surface area (Å²) in [6.45, 7) is 0.184. The van der Waals surface area contributed by atoms with Crippen molar-refractivity contribution in [1.82, 2.24) is 10.2 Å². The van der Waals surface area contributed by atoms with E-state index in [9.17, 15) is 14.9 Å². The van der Waals surface area contributed by atoms with Gasteiger partial charge in [0, 0.05) is 13.6 Å². The molecule has 2 aromatic rings. The average molecular weight is 405 g/mol. The van der Waals surface area contributed by atoms with E-state index >= 15 is 0 Å². The average Bonchev–Trinajstić information content (AvgIpc) is 2.81. The van der Waals surface area contributed by atoms with Gasteiger partial charge in [-0.2, -0.15) is 5.26 Å². The van der Waals surface area contributed by atoms with Crippen molar-refractivity contribution >= 4 is 11.8 Å². The number of nitrogens with zero attached hydrogens (tertiary/aromatic N) is 2. The van der Waals surface area contributed by atoms with Crippen LogP contribution in [0.25, 0.3) is 0 Å². The first kappa shape index (κ1) is 21.4. The number of carbonyl (C=O) groups excluding carboxylic acids is 2. The molecule has 0 aromatic heterocycles. The van der Waals surface area contributed by atoms with Crippen LogP contribution in [0.5, 0.6) is 5.75 Å². The molecule has 6 heteroatoms. The second-order valence-corrected chi connectivity index (χ2v) is 7.61. The van der Waals surface area contributed by atoms with Crippen molar-refractivity contribution in [1.29, 1.82) is 5.26 Å². The van der Waals surface area contributed by atoms with E-state index in [4.69, 9.17) is 4.74 Å². The zero-order valence-corrected chi connectivity index (χ0v) is 17.3. The smallest absolute Gasteiger partial charge is 0.261 e. The maximum Gasteiger partial charge on any atom is 0.261 e. The fourth-order valence-electron chi connectivity index (χ4n) is 3.79. The summed E-state index contributed by atoms with van der Waals surface area (Å²) in [6.07, 6.45) is 4.34. The second-order valence-electron chi connectivity index (χ2n) is 7.61. The van der Waals surface area contributed by atoms with Crippen LogP contribution in [0.3, 0.4) is 0 Å². The summed E-state index contributed by atoms with van der Waals surface area (Å²) >= 11 is 0. The van der Waals surface area contributed by atoms with Crippen molar-refractivity contribution in [3.05, 3.63) is 65.7 Å². The molecule has 0 bridgehead atoms. The normalized spacial score (nSPS) is 14.9. The minimum absolute atomic E-state index is 0.219. The number of ether oxygens (including phenoxy) is 1. The molecule has 0 unspecified atom stereocenters. The summed E-state index contributed by atoms with van der Waals surface area (Å²) in [7, 11) is 1.67. The van der Waals surface area contributed by atoms with E-state index in [1.54, 1.807) is 31.3 Å². The molecular weight excluding hydrogens is 378 g/mol. The summed E-state index contributed by atoms with van der Waals surface area (Å²) in [4.78, 5) is 26.9. The third-order valence-electron chi connectivity index (χ3n) is 5.68. The Morgan fingerprint density at radius 3 is 2.43 bits per heavy atom. The highest BCUT2D eigenvalue weighted by molar-refractivity contribution is 5.97. The zero-order chi connectivity index (χ0) is 21.4. The topological polar surface area (TPSA) is 82.4 Å². The quantitative estimate of drug-likeness (QED) is 0.762. The number of amides is 2. The molecule has 0 saturated heterocycles. The lowest BCUT2D eigenvalue weighted by atomic mass is 9.81. The van der Waals surface area contributed by atoms with Gasteiger partial charge in [-0.1, -0.05) is 61.7 Å². The Balaban J connectivity index is 1.62. The number of para-hydroxylation sites is 1. The highest BCUT2D eigenvalue weighted by Gasteiger charge is 2.38. The van der Waals surface area contributed by atoms with Crippen molar-refractivity contribution in [3.8, 4) is 11.8 Å². The Morgan fingerprint density at radius 2 is 1.73 bits per heavy atom. The molecular formula is C24H27N3O3. The van der Waals surface area contributed by atoms with Gasteiger partial charge in [-0.05, 0) is 30.5 Å². The predicted molar refractivity (Wildman–Crippen MR) is 114 cm³/mol. The molecule has 2 aromatic carbocycles. The molecule has 30 heavy (non-hydrogen) atoms. The van der Waals surface area contributed by atoms with Crippen LogP contribution in [0, 0.1) is 11.3 Å². The summed E-state index contributed by atoms with van der Waals surface area (Å²) in [5.41, 5.74) is 0.609. The van der Waals surface area contributed by atoms with Crippen LogP contribution < -0.4 is 10.1 Å². The molecule has 0 radical (unpaired) electrons. The number of nitriles is 1. The molecule has 6 nitrogen and oxygen atoms in total. The van der Waals surface area contributed by atoms with Crippen LogP contribution in [0.15, 0.2) is 54.6 Å². The molecule has 1 aliphatic carbocycles. The van der Waals surface area contributed by atoms with Gasteiger partial charge in [0.1, 0.15) is 11.3 Å². The van der Waals surface area contributed by atoms with Gasteiger partial charge in [0.15, 0.2) is 6.61 Å². The fourth-order valence-corrected chi connectivity index (χ4v) is 3.79. The summed E-state index contributed by atoms with van der Waals surface area (Å²) in [5.74, 6) is -0.187. The zero-order valence-electron chi connectivity index (χ0n) is 17.3. The first-order valence-electron chi connectivity index (χ1n) is 10.3. The molecule has 2 amide bonds. The molecule has 1 saturated carbocycles. The van der Waals surface area contributed by atoms with E-state index in [0.29, 0.717) is 30.7 Å². The molecule has 1 fully saturated rings. The Morgan fingerprint density at radius 1 is 1.07 bits per heavy atom. The van der Waals surface area contributed by atoms with E-state index in [2.05, 4.69) is 11.4 Å². The predicted octanol–water partition coefficient (Wildman–Crippen LogP) is 3.68.